The third-order valence-electron chi connectivity index (χ3n) is 4.93. The van der Waals surface area contributed by atoms with Gasteiger partial charge in [-0.15, -0.1) is 10.2 Å². The Hall–Kier alpha value is -2.73. The Morgan fingerprint density at radius 3 is 2.77 bits per heavy atom. The molecule has 1 saturated heterocycles. The predicted molar refractivity (Wildman–Crippen MR) is 103 cm³/mol. The fourth-order valence-corrected chi connectivity index (χ4v) is 3.61. The molecule has 1 aromatic carbocycles. The summed E-state index contributed by atoms with van der Waals surface area (Å²) in [4.78, 5) is 6.63. The Morgan fingerprint density at radius 2 is 2.00 bits per heavy atom. The molecule has 2 aromatic heterocycles. The maximum Gasteiger partial charge on any atom is 0.156 e. The van der Waals surface area contributed by atoms with E-state index in [2.05, 4.69) is 32.4 Å². The zero-order valence-electron chi connectivity index (χ0n) is 15.1. The second kappa shape index (κ2) is 6.88. The number of likely N-dealkylation sites (tertiary alicyclic amines) is 1. The molecule has 1 aliphatic heterocycles. The quantitative estimate of drug-likeness (QED) is 0.756. The van der Waals surface area contributed by atoms with Gasteiger partial charge in [-0.1, -0.05) is 24.3 Å². The smallest absolute Gasteiger partial charge is 0.156 e. The first-order chi connectivity index (χ1) is 12.6. The van der Waals surface area contributed by atoms with Crippen molar-refractivity contribution in [2.24, 2.45) is 0 Å². The van der Waals surface area contributed by atoms with Crippen molar-refractivity contribution in [3.63, 3.8) is 0 Å². The zero-order chi connectivity index (χ0) is 18.1. The number of hydrogen-bond donors (Lipinski definition) is 2. The molecule has 6 heteroatoms. The molecule has 0 aliphatic carbocycles. The number of piperidine rings is 1. The van der Waals surface area contributed by atoms with Crippen LogP contribution in [0.4, 0.5) is 5.82 Å². The van der Waals surface area contributed by atoms with Crippen LogP contribution in [0.1, 0.15) is 18.5 Å². The number of nitrogens with one attached hydrogen (secondary N) is 1. The number of hydrogen-bond acceptors (Lipinski definition) is 6. The summed E-state index contributed by atoms with van der Waals surface area (Å²) in [6.07, 6.45) is 3.97. The van der Waals surface area contributed by atoms with Gasteiger partial charge in [0.05, 0.1) is 5.56 Å². The monoisotopic (exact) mass is 349 g/mol. The van der Waals surface area contributed by atoms with Gasteiger partial charge in [0.1, 0.15) is 11.4 Å². The number of anilines is 1. The van der Waals surface area contributed by atoms with Crippen LogP contribution in [0, 0.1) is 6.92 Å². The van der Waals surface area contributed by atoms with Crippen molar-refractivity contribution < 1.29 is 5.11 Å². The summed E-state index contributed by atoms with van der Waals surface area (Å²) in [5, 5.41) is 24.7. The summed E-state index contributed by atoms with van der Waals surface area (Å²) in [5.74, 6) is 0.968. The van der Waals surface area contributed by atoms with Crippen LogP contribution in [0.25, 0.3) is 22.0 Å². The second-order valence-electron chi connectivity index (χ2n) is 7.03. The van der Waals surface area contributed by atoms with Crippen molar-refractivity contribution in [2.45, 2.75) is 25.8 Å². The van der Waals surface area contributed by atoms with Crippen LogP contribution in [-0.4, -0.2) is 51.4 Å². The Labute approximate surface area is 152 Å². The Kier molecular flexibility index (Phi) is 4.42. The molecule has 3 aromatic rings. The van der Waals surface area contributed by atoms with Crippen molar-refractivity contribution in [1.82, 2.24) is 20.1 Å². The first-order valence-electron chi connectivity index (χ1n) is 8.98. The fraction of sp³-hybridized carbons (Fsp3) is 0.350. The van der Waals surface area contributed by atoms with E-state index in [0.717, 1.165) is 41.8 Å². The molecule has 134 valence electrons. The standard InChI is InChI=1S/C20H23N5O/c1-13-10-18(26)17(11-21-13)19-15-7-3-4-8-16(15)20(24-23-19)22-14-6-5-9-25(2)12-14/h3-4,7-8,10-11,14H,5-6,9,12H2,1-2H3,(H,21,26)(H,22,24)/t14-/m1/s1. The van der Waals surface area contributed by atoms with Crippen LogP contribution >= 0.6 is 0 Å². The van der Waals surface area contributed by atoms with Crippen molar-refractivity contribution in [1.29, 1.82) is 0 Å². The lowest BCUT2D eigenvalue weighted by Crippen LogP contribution is -2.40. The van der Waals surface area contributed by atoms with E-state index in [1.54, 1.807) is 12.3 Å². The summed E-state index contributed by atoms with van der Waals surface area (Å²) in [6.45, 7) is 3.99. The highest BCUT2D eigenvalue weighted by Crippen LogP contribution is 2.34. The molecule has 1 fully saturated rings. The molecule has 0 bridgehead atoms. The summed E-state index contributed by atoms with van der Waals surface area (Å²) >= 11 is 0. The van der Waals surface area contributed by atoms with E-state index in [1.807, 2.05) is 31.2 Å². The summed E-state index contributed by atoms with van der Waals surface area (Å²) in [7, 11) is 2.15. The van der Waals surface area contributed by atoms with Gasteiger partial charge in [-0.3, -0.25) is 4.98 Å². The minimum absolute atomic E-state index is 0.173. The Morgan fingerprint density at radius 1 is 1.19 bits per heavy atom. The van der Waals surface area contributed by atoms with Crippen LogP contribution in [0.5, 0.6) is 5.75 Å². The van der Waals surface area contributed by atoms with E-state index in [1.165, 1.54) is 6.42 Å². The normalized spacial score (nSPS) is 18.2. The molecule has 4 rings (SSSR count). The van der Waals surface area contributed by atoms with Crippen LogP contribution in [0.15, 0.2) is 36.5 Å². The number of aryl methyl sites for hydroxylation is 1. The van der Waals surface area contributed by atoms with E-state index < -0.39 is 0 Å². The highest BCUT2D eigenvalue weighted by molar-refractivity contribution is 6.00. The number of aromatic nitrogens is 3. The van der Waals surface area contributed by atoms with Gasteiger partial charge in [0.25, 0.3) is 0 Å². The van der Waals surface area contributed by atoms with E-state index in [9.17, 15) is 5.11 Å². The lowest BCUT2D eigenvalue weighted by atomic mass is 10.0. The van der Waals surface area contributed by atoms with Gasteiger partial charge in [0.2, 0.25) is 0 Å². The molecule has 0 saturated carbocycles. The first kappa shape index (κ1) is 16.7. The van der Waals surface area contributed by atoms with E-state index >= 15 is 0 Å². The highest BCUT2D eigenvalue weighted by atomic mass is 16.3. The predicted octanol–water partition coefficient (Wildman–Crippen LogP) is 3.21. The van der Waals surface area contributed by atoms with Gasteiger partial charge < -0.3 is 15.3 Å². The van der Waals surface area contributed by atoms with Crippen LogP contribution in [-0.2, 0) is 0 Å². The van der Waals surface area contributed by atoms with Crippen molar-refractivity contribution >= 4 is 16.6 Å². The van der Waals surface area contributed by atoms with Gasteiger partial charge in [-0.05, 0) is 33.4 Å². The zero-order valence-corrected chi connectivity index (χ0v) is 15.1. The van der Waals surface area contributed by atoms with E-state index in [4.69, 9.17) is 0 Å². The first-order valence-corrected chi connectivity index (χ1v) is 8.98. The van der Waals surface area contributed by atoms with Gasteiger partial charge in [0.15, 0.2) is 5.82 Å². The molecular formula is C20H23N5O. The molecule has 2 N–H and O–H groups in total. The number of benzene rings is 1. The number of likely N-dealkylation sites (N-methyl/N-ethyl adjacent to an activating group) is 1. The Bertz CT molecular complexity index is 943. The number of aromatic hydroxyl groups is 1. The minimum atomic E-state index is 0.173. The fourth-order valence-electron chi connectivity index (χ4n) is 3.61. The Balaban J connectivity index is 1.76. The average Bonchev–Trinajstić information content (AvgIpc) is 2.63. The lowest BCUT2D eigenvalue weighted by Gasteiger charge is -2.30. The van der Waals surface area contributed by atoms with Crippen LogP contribution < -0.4 is 5.32 Å². The maximum atomic E-state index is 10.3. The molecule has 0 unspecified atom stereocenters. The summed E-state index contributed by atoms with van der Waals surface area (Å²) in [6, 6.07) is 10.0. The largest absolute Gasteiger partial charge is 0.507 e. The van der Waals surface area contributed by atoms with Gasteiger partial charge >= 0.3 is 0 Å². The third kappa shape index (κ3) is 3.20. The molecule has 0 radical (unpaired) electrons. The molecule has 0 spiro atoms. The van der Waals surface area contributed by atoms with Gasteiger partial charge in [-0.2, -0.15) is 0 Å². The molecule has 3 heterocycles. The average molecular weight is 349 g/mol. The van der Waals surface area contributed by atoms with Gasteiger partial charge in [-0.25, -0.2) is 0 Å². The number of nitrogens with zero attached hydrogens (tertiary/aromatic N) is 4. The van der Waals surface area contributed by atoms with E-state index in [-0.39, 0.29) is 5.75 Å². The summed E-state index contributed by atoms with van der Waals surface area (Å²) < 4.78 is 0. The minimum Gasteiger partial charge on any atom is -0.507 e. The van der Waals surface area contributed by atoms with Gasteiger partial charge in [0, 0.05) is 41.3 Å². The molecular weight excluding hydrogens is 326 g/mol. The maximum absolute atomic E-state index is 10.3. The highest BCUT2D eigenvalue weighted by Gasteiger charge is 2.20. The third-order valence-corrected chi connectivity index (χ3v) is 4.93. The van der Waals surface area contributed by atoms with Crippen LogP contribution in [0.2, 0.25) is 0 Å². The van der Waals surface area contributed by atoms with Crippen LogP contribution in [0.3, 0.4) is 0 Å². The number of pyridine rings is 1. The summed E-state index contributed by atoms with van der Waals surface area (Å²) in [5.41, 5.74) is 2.02. The number of fused-ring (bicyclic) bond motifs is 1. The van der Waals surface area contributed by atoms with Crippen molar-refractivity contribution in [2.75, 3.05) is 25.5 Å². The molecule has 6 nitrogen and oxygen atoms in total. The second-order valence-corrected chi connectivity index (χ2v) is 7.03. The van der Waals surface area contributed by atoms with Crippen molar-refractivity contribution in [3.05, 3.63) is 42.2 Å². The topological polar surface area (TPSA) is 74.2 Å². The lowest BCUT2D eigenvalue weighted by molar-refractivity contribution is 0.261. The molecule has 26 heavy (non-hydrogen) atoms. The van der Waals surface area contributed by atoms with Crippen molar-refractivity contribution in [3.8, 4) is 17.0 Å². The SMILES string of the molecule is Cc1cc(O)c(-c2nnc(N[C@@H]3CCCN(C)C3)c3ccccc23)cn1. The molecule has 1 atom stereocenters. The molecule has 1 aliphatic rings. The number of rotatable bonds is 3. The van der Waals surface area contributed by atoms with E-state index in [0.29, 0.717) is 17.3 Å². The molecule has 0 amide bonds.